The summed E-state index contributed by atoms with van der Waals surface area (Å²) in [5.74, 6) is 0.256. The summed E-state index contributed by atoms with van der Waals surface area (Å²) in [5, 5.41) is 2.75. The lowest BCUT2D eigenvalue weighted by atomic mass is 10.3. The number of hydrogen-bond donors (Lipinski definition) is 1. The summed E-state index contributed by atoms with van der Waals surface area (Å²) >= 11 is 1.53. The molecule has 0 saturated carbocycles. The van der Waals surface area contributed by atoms with Crippen LogP contribution in [0.1, 0.15) is 25.7 Å². The molecule has 24 heavy (non-hydrogen) atoms. The van der Waals surface area contributed by atoms with E-state index in [1.165, 1.54) is 17.8 Å². The summed E-state index contributed by atoms with van der Waals surface area (Å²) in [6, 6.07) is 4.78. The molecule has 3 rings (SSSR count). The number of likely N-dealkylation sites (tertiary alicyclic amines) is 1. The Bertz CT molecular complexity index is 755. The smallest absolute Gasteiger partial charge is 0.225 e. The number of carbonyl (C=O) groups excluding carboxylic acids is 2. The molecule has 130 valence electrons. The van der Waals surface area contributed by atoms with Crippen molar-refractivity contribution in [2.24, 2.45) is 0 Å². The van der Waals surface area contributed by atoms with Gasteiger partial charge in [0.05, 0.1) is 16.3 Å². The van der Waals surface area contributed by atoms with Gasteiger partial charge >= 0.3 is 0 Å². The van der Waals surface area contributed by atoms with Gasteiger partial charge in [-0.15, -0.1) is 11.8 Å². The fraction of sp³-hybridized carbons (Fsp3) is 0.500. The van der Waals surface area contributed by atoms with Gasteiger partial charge in [-0.25, -0.2) is 8.42 Å². The normalized spacial score (nSPS) is 18.0. The minimum atomic E-state index is -3.56. The third-order valence-electron chi connectivity index (χ3n) is 4.21. The lowest BCUT2D eigenvalue weighted by Gasteiger charge is -2.15. The fourth-order valence-corrected chi connectivity index (χ4v) is 5.05. The van der Waals surface area contributed by atoms with Crippen LogP contribution in [0.3, 0.4) is 0 Å². The van der Waals surface area contributed by atoms with Gasteiger partial charge in [0.2, 0.25) is 11.8 Å². The van der Waals surface area contributed by atoms with Crippen LogP contribution in [-0.4, -0.2) is 49.7 Å². The molecule has 2 aliphatic heterocycles. The Morgan fingerprint density at radius 3 is 2.75 bits per heavy atom. The zero-order valence-electron chi connectivity index (χ0n) is 13.3. The molecule has 1 fully saturated rings. The average Bonchev–Trinajstić information content (AvgIpc) is 3.02. The molecule has 0 bridgehead atoms. The van der Waals surface area contributed by atoms with E-state index in [1.54, 1.807) is 17.0 Å². The summed E-state index contributed by atoms with van der Waals surface area (Å²) in [6.07, 6.45) is 2.38. The summed E-state index contributed by atoms with van der Waals surface area (Å²) < 4.78 is 25.0. The van der Waals surface area contributed by atoms with Gasteiger partial charge in [0, 0.05) is 36.6 Å². The Hall–Kier alpha value is -1.54. The molecule has 1 aromatic rings. The van der Waals surface area contributed by atoms with Crippen LogP contribution in [0, 0.1) is 0 Å². The fourth-order valence-electron chi connectivity index (χ4n) is 2.86. The van der Waals surface area contributed by atoms with E-state index in [2.05, 4.69) is 5.32 Å². The second kappa shape index (κ2) is 7.14. The van der Waals surface area contributed by atoms with Crippen LogP contribution in [0.25, 0.3) is 0 Å². The van der Waals surface area contributed by atoms with Crippen molar-refractivity contribution in [2.45, 2.75) is 35.5 Å². The largest absolute Gasteiger partial charge is 0.343 e. The lowest BCUT2D eigenvalue weighted by molar-refractivity contribution is -0.129. The van der Waals surface area contributed by atoms with Crippen LogP contribution in [0.15, 0.2) is 28.0 Å². The van der Waals surface area contributed by atoms with Crippen LogP contribution in [0.2, 0.25) is 0 Å². The Kier molecular flexibility index (Phi) is 5.15. The molecule has 0 spiro atoms. The summed E-state index contributed by atoms with van der Waals surface area (Å²) in [7, 11) is -3.56. The van der Waals surface area contributed by atoms with E-state index in [1.807, 2.05) is 0 Å². The number of amides is 2. The van der Waals surface area contributed by atoms with Gasteiger partial charge < -0.3 is 10.2 Å². The molecule has 2 amide bonds. The molecular formula is C16H20N2O4S2. The molecular weight excluding hydrogens is 348 g/mol. The highest BCUT2D eigenvalue weighted by Crippen LogP contribution is 2.33. The first-order chi connectivity index (χ1) is 11.5. The summed E-state index contributed by atoms with van der Waals surface area (Å²) in [6.45, 7) is 1.45. The third-order valence-corrected chi connectivity index (χ3v) is 7.00. The van der Waals surface area contributed by atoms with E-state index >= 15 is 0 Å². The molecule has 2 aliphatic rings. The number of benzene rings is 1. The van der Waals surface area contributed by atoms with Crippen molar-refractivity contribution in [3.8, 4) is 0 Å². The van der Waals surface area contributed by atoms with Crippen molar-refractivity contribution in [3.05, 3.63) is 18.2 Å². The predicted octanol–water partition coefficient (Wildman–Crippen LogP) is 1.91. The van der Waals surface area contributed by atoms with Crippen molar-refractivity contribution >= 4 is 39.1 Å². The number of thioether (sulfide) groups is 1. The highest BCUT2D eigenvalue weighted by Gasteiger charge is 2.23. The quantitative estimate of drug-likeness (QED) is 0.878. The van der Waals surface area contributed by atoms with Gasteiger partial charge in [-0.3, -0.25) is 9.59 Å². The number of sulfone groups is 1. The lowest BCUT2D eigenvalue weighted by Crippen LogP contribution is -2.29. The van der Waals surface area contributed by atoms with Crippen LogP contribution in [-0.2, 0) is 19.4 Å². The SMILES string of the molecule is O=C1CCSc2ccc(S(=O)(=O)CCC(=O)N3CCCC3)cc2N1. The molecule has 0 atom stereocenters. The van der Waals surface area contributed by atoms with Crippen molar-refractivity contribution in [3.63, 3.8) is 0 Å². The van der Waals surface area contributed by atoms with E-state index in [0.717, 1.165) is 30.8 Å². The number of nitrogens with zero attached hydrogens (tertiary/aromatic N) is 1. The van der Waals surface area contributed by atoms with E-state index in [4.69, 9.17) is 0 Å². The van der Waals surface area contributed by atoms with Crippen molar-refractivity contribution < 1.29 is 18.0 Å². The minimum Gasteiger partial charge on any atom is -0.343 e. The highest BCUT2D eigenvalue weighted by atomic mass is 32.2. The summed E-state index contributed by atoms with van der Waals surface area (Å²) in [5.41, 5.74) is 0.537. The Labute approximate surface area is 145 Å². The minimum absolute atomic E-state index is 0.000523. The summed E-state index contributed by atoms with van der Waals surface area (Å²) in [4.78, 5) is 26.4. The van der Waals surface area contributed by atoms with Crippen molar-refractivity contribution in [2.75, 3.05) is 29.9 Å². The van der Waals surface area contributed by atoms with Gasteiger partial charge in [-0.2, -0.15) is 0 Å². The molecule has 1 aromatic carbocycles. The first kappa shape index (κ1) is 17.3. The number of carbonyl (C=O) groups is 2. The average molecular weight is 368 g/mol. The highest BCUT2D eigenvalue weighted by molar-refractivity contribution is 7.99. The zero-order valence-corrected chi connectivity index (χ0v) is 14.9. The van der Waals surface area contributed by atoms with Gasteiger partial charge in [0.1, 0.15) is 0 Å². The van der Waals surface area contributed by atoms with Gasteiger partial charge in [0.25, 0.3) is 0 Å². The van der Waals surface area contributed by atoms with E-state index in [9.17, 15) is 18.0 Å². The van der Waals surface area contributed by atoms with Gasteiger partial charge in [-0.05, 0) is 31.0 Å². The number of hydrogen-bond acceptors (Lipinski definition) is 5. The topological polar surface area (TPSA) is 83.5 Å². The molecule has 1 N–H and O–H groups in total. The molecule has 6 nitrogen and oxygen atoms in total. The Balaban J connectivity index is 1.72. The number of anilines is 1. The molecule has 0 aliphatic carbocycles. The molecule has 0 aromatic heterocycles. The Morgan fingerprint density at radius 2 is 2.00 bits per heavy atom. The number of fused-ring (bicyclic) bond motifs is 1. The van der Waals surface area contributed by atoms with Crippen LogP contribution >= 0.6 is 11.8 Å². The first-order valence-electron chi connectivity index (χ1n) is 8.03. The van der Waals surface area contributed by atoms with E-state index < -0.39 is 9.84 Å². The van der Waals surface area contributed by atoms with Gasteiger partial charge in [0.15, 0.2) is 9.84 Å². The maximum Gasteiger partial charge on any atom is 0.225 e. The second-order valence-corrected chi connectivity index (χ2v) is 9.21. The molecule has 1 saturated heterocycles. The molecule has 0 unspecified atom stereocenters. The maximum atomic E-state index is 12.5. The molecule has 8 heteroatoms. The van der Waals surface area contributed by atoms with E-state index in [-0.39, 0.29) is 28.9 Å². The molecule has 0 radical (unpaired) electrons. The zero-order chi connectivity index (χ0) is 17.2. The molecule has 2 heterocycles. The van der Waals surface area contributed by atoms with Crippen LogP contribution < -0.4 is 5.32 Å². The second-order valence-electron chi connectivity index (χ2n) is 5.96. The monoisotopic (exact) mass is 368 g/mol. The van der Waals surface area contributed by atoms with Crippen LogP contribution in [0.4, 0.5) is 5.69 Å². The third kappa shape index (κ3) is 3.92. The Morgan fingerprint density at radius 1 is 1.25 bits per heavy atom. The standard InChI is InChI=1S/C16H20N2O4S2/c19-15-5-9-23-14-4-3-12(11-13(14)17-15)24(21,22)10-6-16(20)18-7-1-2-8-18/h3-4,11H,1-2,5-10H2,(H,17,19). The van der Waals surface area contributed by atoms with Crippen molar-refractivity contribution in [1.82, 2.24) is 4.90 Å². The van der Waals surface area contributed by atoms with Gasteiger partial charge in [-0.1, -0.05) is 0 Å². The number of rotatable bonds is 4. The van der Waals surface area contributed by atoms with Crippen LogP contribution in [0.5, 0.6) is 0 Å². The number of nitrogens with one attached hydrogen (secondary N) is 1. The van der Waals surface area contributed by atoms with E-state index in [0.29, 0.717) is 17.9 Å². The maximum absolute atomic E-state index is 12.5. The first-order valence-corrected chi connectivity index (χ1v) is 10.7. The van der Waals surface area contributed by atoms with Crippen molar-refractivity contribution in [1.29, 1.82) is 0 Å². The predicted molar refractivity (Wildman–Crippen MR) is 92.9 cm³/mol.